The summed E-state index contributed by atoms with van der Waals surface area (Å²) in [6.07, 6.45) is 2.78. The molecular formula is C21H17BClN3. The summed E-state index contributed by atoms with van der Waals surface area (Å²) in [7, 11) is 0. The van der Waals surface area contributed by atoms with E-state index in [1.807, 2.05) is 12.1 Å². The Hall–Kier alpha value is -2.98. The highest BCUT2D eigenvalue weighted by molar-refractivity contribution is 6.98. The molecule has 1 aliphatic rings. The number of hydrogen-bond acceptors (Lipinski definition) is 1. The zero-order chi connectivity index (χ0) is 17.6. The van der Waals surface area contributed by atoms with E-state index in [0.717, 1.165) is 16.4 Å². The van der Waals surface area contributed by atoms with Crippen LogP contribution in [0.1, 0.15) is 0 Å². The topological polar surface area (TPSA) is 20.8 Å². The van der Waals surface area contributed by atoms with Crippen molar-refractivity contribution in [3.63, 3.8) is 0 Å². The lowest BCUT2D eigenvalue weighted by Crippen LogP contribution is -2.86. The van der Waals surface area contributed by atoms with Gasteiger partial charge in [0.05, 0.1) is 6.20 Å². The van der Waals surface area contributed by atoms with Crippen LogP contribution in [0.25, 0.3) is 5.69 Å². The average Bonchev–Trinajstić information content (AvgIpc) is 3.20. The van der Waals surface area contributed by atoms with Gasteiger partial charge in [0.15, 0.2) is 0 Å². The fraction of sp³-hybridized carbons (Fsp3) is 0. The lowest BCUT2D eigenvalue weighted by Gasteiger charge is -2.41. The van der Waals surface area contributed by atoms with E-state index in [1.54, 1.807) is 0 Å². The van der Waals surface area contributed by atoms with E-state index in [0.29, 0.717) is 0 Å². The molecule has 0 fully saturated rings. The van der Waals surface area contributed by atoms with Crippen molar-refractivity contribution in [1.82, 2.24) is 4.68 Å². The maximum atomic E-state index is 6.27. The molecule has 0 bridgehead atoms. The molecule has 3 aromatic carbocycles. The van der Waals surface area contributed by atoms with Crippen molar-refractivity contribution in [2.24, 2.45) is 0 Å². The van der Waals surface area contributed by atoms with Gasteiger partial charge in [-0.15, -0.1) is 10.9 Å². The number of hydrogen-bond donors (Lipinski definition) is 1. The number of nitrogens with one attached hydrogen (secondary N) is 1. The highest BCUT2D eigenvalue weighted by Gasteiger charge is 2.47. The van der Waals surface area contributed by atoms with E-state index in [-0.39, 0.29) is 0 Å². The molecule has 5 rings (SSSR count). The zero-order valence-corrected chi connectivity index (χ0v) is 14.8. The molecule has 0 saturated carbocycles. The maximum absolute atomic E-state index is 6.27. The van der Waals surface area contributed by atoms with Crippen LogP contribution in [0.15, 0.2) is 97.3 Å². The first kappa shape index (κ1) is 15.3. The van der Waals surface area contributed by atoms with Crippen LogP contribution in [0.5, 0.6) is 0 Å². The van der Waals surface area contributed by atoms with Gasteiger partial charge in [-0.25, -0.2) is 0 Å². The van der Waals surface area contributed by atoms with E-state index in [9.17, 15) is 0 Å². The Morgan fingerprint density at radius 2 is 1.46 bits per heavy atom. The second-order valence-electron chi connectivity index (χ2n) is 6.66. The summed E-state index contributed by atoms with van der Waals surface area (Å²) < 4.78 is 4.46. The van der Waals surface area contributed by atoms with E-state index in [2.05, 4.69) is 99.7 Å². The number of fused-ring (bicyclic) bond motifs is 3. The molecule has 0 aliphatic carbocycles. The van der Waals surface area contributed by atoms with Crippen LogP contribution in [0, 0.1) is 0 Å². The summed E-state index contributed by atoms with van der Waals surface area (Å²) in [5.41, 5.74) is 4.57. The summed E-state index contributed by atoms with van der Waals surface area (Å²) in [5.74, 6) is 0. The van der Waals surface area contributed by atoms with Gasteiger partial charge in [-0.3, -0.25) is 4.59 Å². The lowest BCUT2D eigenvalue weighted by atomic mass is 9.37. The number of rotatable bonds is 2. The Bertz CT molecular complexity index is 1040. The van der Waals surface area contributed by atoms with Crippen LogP contribution in [0.2, 0.25) is 5.02 Å². The molecule has 2 heterocycles. The van der Waals surface area contributed by atoms with Gasteiger partial charge in [-0.05, 0) is 18.2 Å². The summed E-state index contributed by atoms with van der Waals surface area (Å²) in [4.78, 5) is 0. The minimum Gasteiger partial charge on any atom is -0.487 e. The third-order valence-electron chi connectivity index (χ3n) is 5.25. The van der Waals surface area contributed by atoms with E-state index in [1.165, 1.54) is 10.9 Å². The summed E-state index contributed by atoms with van der Waals surface area (Å²) in [6, 6.07) is 29.3. The first-order valence-corrected chi connectivity index (χ1v) is 9.11. The molecule has 0 unspecified atom stereocenters. The van der Waals surface area contributed by atoms with Gasteiger partial charge >= 0.3 is 6.42 Å². The maximum Gasteiger partial charge on any atom is 0.450 e. The molecule has 126 valence electrons. The first-order chi connectivity index (χ1) is 12.8. The van der Waals surface area contributed by atoms with Gasteiger partial charge in [0.25, 0.3) is 0 Å². The fourth-order valence-corrected chi connectivity index (χ4v) is 4.28. The summed E-state index contributed by atoms with van der Waals surface area (Å²) in [5, 5.41) is 4.59. The van der Waals surface area contributed by atoms with Crippen LogP contribution in [0.4, 0.5) is 5.69 Å². The largest absolute Gasteiger partial charge is 0.487 e. The predicted molar refractivity (Wildman–Crippen MR) is 108 cm³/mol. The van der Waals surface area contributed by atoms with Gasteiger partial charge in [0.1, 0.15) is 11.9 Å². The SMILES string of the molecule is Clc1ccc2c(c1)-n1ccc[n+]1[B-](c1ccccc1)(c1ccccc1)N2. The van der Waals surface area contributed by atoms with Crippen LogP contribution >= 0.6 is 11.6 Å². The zero-order valence-electron chi connectivity index (χ0n) is 14.1. The molecule has 26 heavy (non-hydrogen) atoms. The molecule has 1 aromatic heterocycles. The van der Waals surface area contributed by atoms with Crippen LogP contribution in [-0.2, 0) is 0 Å². The molecule has 0 saturated heterocycles. The molecule has 0 amide bonds. The predicted octanol–water partition coefficient (Wildman–Crippen LogP) is 2.95. The Morgan fingerprint density at radius 3 is 2.12 bits per heavy atom. The molecule has 5 heteroatoms. The number of nitrogens with zero attached hydrogens (tertiary/aromatic N) is 2. The number of halogens is 1. The quantitative estimate of drug-likeness (QED) is 0.547. The second kappa shape index (κ2) is 5.78. The van der Waals surface area contributed by atoms with E-state index < -0.39 is 6.42 Å². The normalized spacial score (nSPS) is 14.2. The molecular weight excluding hydrogens is 341 g/mol. The summed E-state index contributed by atoms with van der Waals surface area (Å²) in [6.45, 7) is 0. The van der Waals surface area contributed by atoms with Gasteiger partial charge in [0.2, 0.25) is 0 Å². The van der Waals surface area contributed by atoms with E-state index in [4.69, 9.17) is 11.6 Å². The third-order valence-corrected chi connectivity index (χ3v) is 5.48. The second-order valence-corrected chi connectivity index (χ2v) is 7.10. The van der Waals surface area contributed by atoms with Crippen LogP contribution in [-0.4, -0.2) is 11.1 Å². The highest BCUT2D eigenvalue weighted by atomic mass is 35.5. The minimum atomic E-state index is -1.42. The van der Waals surface area contributed by atoms with Crippen molar-refractivity contribution >= 4 is 34.6 Å². The monoisotopic (exact) mass is 357 g/mol. The fourth-order valence-electron chi connectivity index (χ4n) is 4.11. The number of benzene rings is 3. The van der Waals surface area contributed by atoms with Crippen molar-refractivity contribution in [3.05, 3.63) is 102 Å². The standard InChI is InChI=1S/C21H17BClN3/c23-19-12-13-20-21(16-19)25-14-7-15-26(25)22(24-20,17-8-3-1-4-9-17)18-10-5-2-6-11-18/h1-16,24H. The molecule has 1 aliphatic heterocycles. The molecule has 1 N–H and O–H groups in total. The third kappa shape index (κ3) is 2.12. The smallest absolute Gasteiger partial charge is 0.450 e. The van der Waals surface area contributed by atoms with Gasteiger partial charge < -0.3 is 5.23 Å². The van der Waals surface area contributed by atoms with Crippen LogP contribution < -0.4 is 20.7 Å². The number of anilines is 1. The average molecular weight is 358 g/mol. The molecule has 3 nitrogen and oxygen atoms in total. The molecule has 0 radical (unpaired) electrons. The Labute approximate surface area is 157 Å². The molecule has 4 aromatic rings. The van der Waals surface area contributed by atoms with Crippen molar-refractivity contribution < 1.29 is 4.59 Å². The first-order valence-electron chi connectivity index (χ1n) is 8.73. The Morgan fingerprint density at radius 1 is 0.808 bits per heavy atom. The number of aromatic nitrogens is 2. The molecule has 0 atom stereocenters. The summed E-state index contributed by atoms with van der Waals surface area (Å²) >= 11 is 6.27. The highest BCUT2D eigenvalue weighted by Crippen LogP contribution is 2.28. The Balaban J connectivity index is 1.86. The van der Waals surface area contributed by atoms with Crippen molar-refractivity contribution in [1.29, 1.82) is 0 Å². The van der Waals surface area contributed by atoms with E-state index >= 15 is 0 Å². The van der Waals surface area contributed by atoms with Gasteiger partial charge in [-0.1, -0.05) is 72.3 Å². The Kier molecular flexibility index (Phi) is 3.40. The van der Waals surface area contributed by atoms with Crippen molar-refractivity contribution in [3.8, 4) is 5.69 Å². The van der Waals surface area contributed by atoms with Crippen LogP contribution in [0.3, 0.4) is 0 Å². The van der Waals surface area contributed by atoms with Crippen molar-refractivity contribution in [2.75, 3.05) is 5.23 Å². The van der Waals surface area contributed by atoms with Crippen molar-refractivity contribution in [2.45, 2.75) is 0 Å². The van der Waals surface area contributed by atoms with Gasteiger partial charge in [0, 0.05) is 16.8 Å². The van der Waals surface area contributed by atoms with Gasteiger partial charge in [-0.2, -0.15) is 4.68 Å². The molecule has 0 spiro atoms. The lowest BCUT2D eigenvalue weighted by molar-refractivity contribution is -0.625. The minimum absolute atomic E-state index is 0.727.